The minimum atomic E-state index is -0.243. The third-order valence-corrected chi connectivity index (χ3v) is 7.06. The second-order valence-electron chi connectivity index (χ2n) is 9.45. The van der Waals surface area contributed by atoms with Gasteiger partial charge in [0, 0.05) is 30.4 Å². The molecule has 2 atom stereocenters. The van der Waals surface area contributed by atoms with Crippen LogP contribution in [0.4, 0.5) is 21.0 Å². The highest BCUT2D eigenvalue weighted by molar-refractivity contribution is 6.02. The van der Waals surface area contributed by atoms with Crippen LogP contribution in [0.3, 0.4) is 0 Å². The Balaban J connectivity index is 1.42. The predicted octanol–water partition coefficient (Wildman–Crippen LogP) is 7.47. The monoisotopic (exact) mass is 496 g/mol. The average Bonchev–Trinajstić information content (AvgIpc) is 2.92. The van der Waals surface area contributed by atoms with E-state index in [4.69, 9.17) is 0 Å². The van der Waals surface area contributed by atoms with Gasteiger partial charge in [-0.15, -0.1) is 0 Å². The normalized spacial score (nSPS) is 12.6. The number of urea groups is 2. The molecule has 3 N–H and O–H groups in total. The van der Waals surface area contributed by atoms with Crippen molar-refractivity contribution in [3.05, 3.63) is 84.9 Å². The van der Waals surface area contributed by atoms with E-state index in [9.17, 15) is 9.59 Å². The molecule has 192 valence electrons. The van der Waals surface area contributed by atoms with Crippen molar-refractivity contribution in [2.45, 2.75) is 39.2 Å². The lowest BCUT2D eigenvalue weighted by Crippen LogP contribution is -2.47. The molecule has 6 nitrogen and oxygen atoms in total. The van der Waals surface area contributed by atoms with Crippen LogP contribution >= 0.6 is 0 Å². The van der Waals surface area contributed by atoms with Crippen molar-refractivity contribution in [1.82, 2.24) is 10.2 Å². The Bertz CT molecular complexity index is 1360. The van der Waals surface area contributed by atoms with Crippen molar-refractivity contribution in [2.75, 3.05) is 24.2 Å². The van der Waals surface area contributed by atoms with Crippen molar-refractivity contribution in [3.63, 3.8) is 0 Å². The van der Waals surface area contributed by atoms with E-state index in [-0.39, 0.29) is 24.0 Å². The summed E-state index contributed by atoms with van der Waals surface area (Å²) in [5.74, 6) is 0.112. The Labute approximate surface area is 219 Å². The molecule has 0 unspecified atom stereocenters. The average molecular weight is 497 g/mol. The molecule has 0 fully saturated rings. The van der Waals surface area contributed by atoms with Gasteiger partial charge < -0.3 is 20.9 Å². The molecule has 0 aliphatic carbocycles. The van der Waals surface area contributed by atoms with Gasteiger partial charge in [0.2, 0.25) is 0 Å². The maximum absolute atomic E-state index is 13.3. The minimum Gasteiger partial charge on any atom is -0.338 e. The van der Waals surface area contributed by atoms with Crippen LogP contribution in [0.25, 0.3) is 21.5 Å². The molecule has 37 heavy (non-hydrogen) atoms. The molecule has 0 aliphatic rings. The van der Waals surface area contributed by atoms with Gasteiger partial charge in [0.05, 0.1) is 11.4 Å². The molecule has 0 heterocycles. The molecule has 4 amide bonds. The van der Waals surface area contributed by atoms with E-state index in [0.29, 0.717) is 6.54 Å². The van der Waals surface area contributed by atoms with Gasteiger partial charge in [0.25, 0.3) is 0 Å². The molecule has 6 heteroatoms. The Morgan fingerprint density at radius 1 is 0.757 bits per heavy atom. The van der Waals surface area contributed by atoms with E-state index >= 15 is 0 Å². The first-order valence-corrected chi connectivity index (χ1v) is 13.1. The SMILES string of the molecule is CCC[C@@H]([C@H](CC)CNC(=O)Nc1cccc2ccccc12)N(C)C(=O)Nc1cccc2ccccc12. The van der Waals surface area contributed by atoms with E-state index < -0.39 is 0 Å². The van der Waals surface area contributed by atoms with E-state index in [2.05, 4.69) is 29.8 Å². The summed E-state index contributed by atoms with van der Waals surface area (Å²) in [6, 6.07) is 27.4. The highest BCUT2D eigenvalue weighted by atomic mass is 16.2. The number of hydrogen-bond donors (Lipinski definition) is 3. The molecular formula is C31H36N4O2. The maximum Gasteiger partial charge on any atom is 0.321 e. The number of anilines is 2. The predicted molar refractivity (Wildman–Crippen MR) is 154 cm³/mol. The van der Waals surface area contributed by atoms with Crippen LogP contribution in [0.1, 0.15) is 33.1 Å². The zero-order valence-corrected chi connectivity index (χ0v) is 21.8. The Morgan fingerprint density at radius 2 is 1.30 bits per heavy atom. The maximum atomic E-state index is 13.3. The first-order valence-electron chi connectivity index (χ1n) is 13.1. The van der Waals surface area contributed by atoms with Gasteiger partial charge in [-0.2, -0.15) is 0 Å². The van der Waals surface area contributed by atoms with Crippen LogP contribution in [0.2, 0.25) is 0 Å². The molecule has 0 radical (unpaired) electrons. The number of benzene rings is 4. The Hall–Kier alpha value is -4.06. The fraction of sp³-hybridized carbons (Fsp3) is 0.290. The lowest BCUT2D eigenvalue weighted by Gasteiger charge is -2.34. The summed E-state index contributed by atoms with van der Waals surface area (Å²) in [6.07, 6.45) is 2.63. The summed E-state index contributed by atoms with van der Waals surface area (Å²) < 4.78 is 0. The lowest BCUT2D eigenvalue weighted by atomic mass is 9.92. The molecule has 0 bridgehead atoms. The molecule has 0 saturated carbocycles. The zero-order chi connectivity index (χ0) is 26.2. The van der Waals surface area contributed by atoms with Crippen LogP contribution in [0.5, 0.6) is 0 Å². The molecule has 0 saturated heterocycles. The molecule has 4 aromatic carbocycles. The van der Waals surface area contributed by atoms with E-state index in [1.54, 1.807) is 4.90 Å². The highest BCUT2D eigenvalue weighted by Gasteiger charge is 2.27. The summed E-state index contributed by atoms with van der Waals surface area (Å²) in [7, 11) is 1.85. The quantitative estimate of drug-likeness (QED) is 0.225. The second-order valence-corrected chi connectivity index (χ2v) is 9.45. The van der Waals surface area contributed by atoms with Crippen molar-refractivity contribution in [2.24, 2.45) is 5.92 Å². The number of carbonyl (C=O) groups excluding carboxylic acids is 2. The van der Waals surface area contributed by atoms with Crippen LogP contribution < -0.4 is 16.0 Å². The van der Waals surface area contributed by atoms with E-state index in [1.807, 2.05) is 92.0 Å². The van der Waals surface area contributed by atoms with Crippen LogP contribution in [-0.4, -0.2) is 36.6 Å². The first kappa shape index (κ1) is 26.0. The molecule has 0 aliphatic heterocycles. The van der Waals surface area contributed by atoms with Crippen molar-refractivity contribution in [3.8, 4) is 0 Å². The van der Waals surface area contributed by atoms with Crippen molar-refractivity contribution >= 4 is 45.0 Å². The van der Waals surface area contributed by atoms with Crippen molar-refractivity contribution < 1.29 is 9.59 Å². The van der Waals surface area contributed by atoms with Crippen LogP contribution in [0.15, 0.2) is 84.9 Å². The number of hydrogen-bond acceptors (Lipinski definition) is 2. The molecular weight excluding hydrogens is 460 g/mol. The Morgan fingerprint density at radius 3 is 1.86 bits per heavy atom. The smallest absolute Gasteiger partial charge is 0.321 e. The van der Waals surface area contributed by atoms with Gasteiger partial charge in [-0.05, 0) is 41.7 Å². The molecule has 0 aromatic heterocycles. The summed E-state index contributed by atoms with van der Waals surface area (Å²) in [4.78, 5) is 27.9. The number of rotatable bonds is 9. The summed E-state index contributed by atoms with van der Waals surface area (Å²) in [5.41, 5.74) is 1.58. The van der Waals surface area contributed by atoms with Gasteiger partial charge in [-0.25, -0.2) is 9.59 Å². The highest BCUT2D eigenvalue weighted by Crippen LogP contribution is 2.26. The fourth-order valence-electron chi connectivity index (χ4n) is 5.01. The van der Waals surface area contributed by atoms with Gasteiger partial charge in [0.1, 0.15) is 0 Å². The molecule has 0 spiro atoms. The molecule has 4 rings (SSSR count). The van der Waals surface area contributed by atoms with Crippen LogP contribution in [-0.2, 0) is 0 Å². The topological polar surface area (TPSA) is 73.5 Å². The van der Waals surface area contributed by atoms with Gasteiger partial charge in [-0.3, -0.25) is 0 Å². The first-order chi connectivity index (χ1) is 18.0. The second kappa shape index (κ2) is 12.3. The van der Waals surface area contributed by atoms with E-state index in [0.717, 1.165) is 52.2 Å². The number of carbonyl (C=O) groups is 2. The van der Waals surface area contributed by atoms with E-state index in [1.165, 1.54) is 0 Å². The largest absolute Gasteiger partial charge is 0.338 e. The summed E-state index contributed by atoms with van der Waals surface area (Å²) in [6.45, 7) is 4.70. The zero-order valence-electron chi connectivity index (χ0n) is 21.8. The Kier molecular flexibility index (Phi) is 8.62. The number of nitrogens with one attached hydrogen (secondary N) is 3. The third kappa shape index (κ3) is 6.20. The summed E-state index contributed by atoms with van der Waals surface area (Å²) >= 11 is 0. The summed E-state index contributed by atoms with van der Waals surface area (Å²) in [5, 5.41) is 13.3. The standard InChI is InChI=1S/C31H36N4O2/c1-4-12-29(35(3)31(37)34-28-20-11-16-24-14-7-9-18-26(24)28)22(5-2)21-32-30(36)33-27-19-10-15-23-13-6-8-17-25(23)27/h6-11,13-20,22,29H,4-5,12,21H2,1-3H3,(H,34,37)(H2,32,33,36)/t22-,29+/m1/s1. The fourth-order valence-corrected chi connectivity index (χ4v) is 5.01. The minimum absolute atomic E-state index is 0.0113. The molecule has 4 aromatic rings. The number of amides is 4. The third-order valence-electron chi connectivity index (χ3n) is 7.06. The van der Waals surface area contributed by atoms with Crippen molar-refractivity contribution in [1.29, 1.82) is 0 Å². The van der Waals surface area contributed by atoms with Crippen LogP contribution in [0, 0.1) is 5.92 Å². The lowest BCUT2D eigenvalue weighted by molar-refractivity contribution is 0.167. The number of fused-ring (bicyclic) bond motifs is 2. The van der Waals surface area contributed by atoms with Gasteiger partial charge in [0.15, 0.2) is 0 Å². The van der Waals surface area contributed by atoms with Gasteiger partial charge in [-0.1, -0.05) is 93.1 Å². The van der Waals surface area contributed by atoms with Gasteiger partial charge >= 0.3 is 12.1 Å². The number of nitrogens with zero attached hydrogens (tertiary/aromatic N) is 1.